The monoisotopic (exact) mass is 254 g/mol. The van der Waals surface area contributed by atoms with Gasteiger partial charge in [-0.05, 0) is 38.5 Å². The Balaban J connectivity index is 2.15. The van der Waals surface area contributed by atoms with Crippen LogP contribution in [0, 0.1) is 5.92 Å². The summed E-state index contributed by atoms with van der Waals surface area (Å²) in [5.41, 5.74) is 0. The molecule has 0 bridgehead atoms. The van der Waals surface area contributed by atoms with Gasteiger partial charge in [0, 0.05) is 0 Å². The van der Waals surface area contributed by atoms with Crippen LogP contribution in [0.4, 0.5) is 0 Å². The molecular formula is C16H30O2. The minimum absolute atomic E-state index is 0.0693. The van der Waals surface area contributed by atoms with Crippen LogP contribution in [0.2, 0.25) is 0 Å². The predicted octanol–water partition coefficient (Wildman–Crippen LogP) is 4.86. The molecule has 0 radical (unpaired) electrons. The highest BCUT2D eigenvalue weighted by Gasteiger charge is 2.23. The van der Waals surface area contributed by atoms with Crippen molar-refractivity contribution < 1.29 is 9.53 Å². The smallest absolute Gasteiger partial charge is 0.309 e. The second-order valence-electron chi connectivity index (χ2n) is 5.65. The minimum atomic E-state index is 0.0693. The zero-order chi connectivity index (χ0) is 13.2. The molecule has 0 aliphatic heterocycles. The summed E-state index contributed by atoms with van der Waals surface area (Å²) < 4.78 is 5.60. The summed E-state index contributed by atoms with van der Waals surface area (Å²) in [6.07, 6.45) is 13.2. The van der Waals surface area contributed by atoms with E-state index in [1.807, 2.05) is 0 Å². The average Bonchev–Trinajstić information content (AvgIpc) is 2.86. The Kier molecular flexibility index (Phi) is 8.11. The maximum Gasteiger partial charge on any atom is 0.309 e. The van der Waals surface area contributed by atoms with Gasteiger partial charge in [-0.2, -0.15) is 0 Å². The Morgan fingerprint density at radius 1 is 1.11 bits per heavy atom. The van der Waals surface area contributed by atoms with Gasteiger partial charge in [-0.1, -0.05) is 46.0 Å². The maximum atomic E-state index is 12.0. The molecule has 1 fully saturated rings. The van der Waals surface area contributed by atoms with Gasteiger partial charge in [-0.15, -0.1) is 0 Å². The fourth-order valence-corrected chi connectivity index (χ4v) is 2.75. The predicted molar refractivity (Wildman–Crippen MR) is 75.5 cm³/mol. The van der Waals surface area contributed by atoms with Gasteiger partial charge in [0.2, 0.25) is 0 Å². The number of rotatable bonds is 9. The van der Waals surface area contributed by atoms with E-state index in [1.54, 1.807) is 0 Å². The van der Waals surface area contributed by atoms with Crippen LogP contribution in [0.3, 0.4) is 0 Å². The summed E-state index contributed by atoms with van der Waals surface area (Å²) in [7, 11) is 0. The number of ether oxygens (including phenoxy) is 1. The Labute approximate surface area is 112 Å². The molecule has 2 nitrogen and oxygen atoms in total. The lowest BCUT2D eigenvalue weighted by Crippen LogP contribution is -2.22. The van der Waals surface area contributed by atoms with Crippen molar-refractivity contribution in [3.05, 3.63) is 0 Å². The van der Waals surface area contributed by atoms with Gasteiger partial charge in [-0.3, -0.25) is 4.79 Å². The first-order chi connectivity index (χ1) is 8.77. The highest BCUT2D eigenvalue weighted by molar-refractivity contribution is 5.72. The number of carbonyl (C=O) groups excluding carboxylic acids is 1. The second-order valence-corrected chi connectivity index (χ2v) is 5.65. The number of unbranched alkanes of at least 4 members (excludes halogenated alkanes) is 4. The van der Waals surface area contributed by atoms with E-state index in [-0.39, 0.29) is 18.0 Å². The summed E-state index contributed by atoms with van der Waals surface area (Å²) >= 11 is 0. The molecule has 1 atom stereocenters. The summed E-state index contributed by atoms with van der Waals surface area (Å²) in [6.45, 7) is 4.33. The number of hydrogen-bond acceptors (Lipinski definition) is 2. The molecule has 1 aliphatic rings. The van der Waals surface area contributed by atoms with E-state index in [0.29, 0.717) is 0 Å². The molecule has 1 unspecified atom stereocenters. The zero-order valence-corrected chi connectivity index (χ0v) is 12.2. The fourth-order valence-electron chi connectivity index (χ4n) is 2.75. The van der Waals surface area contributed by atoms with Crippen molar-refractivity contribution in [2.45, 2.75) is 90.6 Å². The van der Waals surface area contributed by atoms with Crippen LogP contribution in [0.25, 0.3) is 0 Å². The van der Waals surface area contributed by atoms with Gasteiger partial charge in [-0.25, -0.2) is 0 Å². The third-order valence-corrected chi connectivity index (χ3v) is 4.07. The van der Waals surface area contributed by atoms with Crippen molar-refractivity contribution in [3.63, 3.8) is 0 Å². The quantitative estimate of drug-likeness (QED) is 0.434. The lowest BCUT2D eigenvalue weighted by Gasteiger charge is -2.17. The van der Waals surface area contributed by atoms with Gasteiger partial charge in [0.05, 0.1) is 5.92 Å². The highest BCUT2D eigenvalue weighted by Crippen LogP contribution is 2.24. The van der Waals surface area contributed by atoms with Crippen LogP contribution in [-0.4, -0.2) is 12.1 Å². The van der Waals surface area contributed by atoms with Gasteiger partial charge in [0.1, 0.15) is 6.10 Å². The normalized spacial score (nSPS) is 17.9. The SMILES string of the molecule is CCCCCCCC(CC)C(=O)OC1CCCC1. The van der Waals surface area contributed by atoms with Gasteiger partial charge in [0.25, 0.3) is 0 Å². The van der Waals surface area contributed by atoms with E-state index in [9.17, 15) is 4.79 Å². The summed E-state index contributed by atoms with van der Waals surface area (Å²) in [6, 6.07) is 0. The fraction of sp³-hybridized carbons (Fsp3) is 0.938. The lowest BCUT2D eigenvalue weighted by molar-refractivity contribution is -0.154. The topological polar surface area (TPSA) is 26.3 Å². The Hall–Kier alpha value is -0.530. The van der Waals surface area contributed by atoms with Crippen molar-refractivity contribution in [1.82, 2.24) is 0 Å². The zero-order valence-electron chi connectivity index (χ0n) is 12.2. The molecule has 0 amide bonds. The molecule has 0 aromatic rings. The summed E-state index contributed by atoms with van der Waals surface area (Å²) in [5, 5.41) is 0. The van der Waals surface area contributed by atoms with Gasteiger partial charge in [0.15, 0.2) is 0 Å². The summed E-state index contributed by atoms with van der Waals surface area (Å²) in [5.74, 6) is 0.215. The van der Waals surface area contributed by atoms with Gasteiger partial charge >= 0.3 is 5.97 Å². The third kappa shape index (κ3) is 5.88. The van der Waals surface area contributed by atoms with Crippen molar-refractivity contribution in [3.8, 4) is 0 Å². The Morgan fingerprint density at radius 3 is 2.39 bits per heavy atom. The third-order valence-electron chi connectivity index (χ3n) is 4.07. The molecule has 0 spiro atoms. The van der Waals surface area contributed by atoms with Crippen LogP contribution >= 0.6 is 0 Å². The molecule has 1 rings (SSSR count). The van der Waals surface area contributed by atoms with E-state index < -0.39 is 0 Å². The van der Waals surface area contributed by atoms with Crippen LogP contribution in [-0.2, 0) is 9.53 Å². The molecule has 1 aliphatic carbocycles. The molecule has 2 heteroatoms. The molecular weight excluding hydrogens is 224 g/mol. The number of esters is 1. The van der Waals surface area contributed by atoms with Crippen molar-refractivity contribution in [2.24, 2.45) is 5.92 Å². The van der Waals surface area contributed by atoms with E-state index in [1.165, 1.54) is 44.9 Å². The van der Waals surface area contributed by atoms with Crippen molar-refractivity contribution in [2.75, 3.05) is 0 Å². The second kappa shape index (κ2) is 9.41. The Bertz CT molecular complexity index is 219. The van der Waals surface area contributed by atoms with E-state index in [4.69, 9.17) is 4.74 Å². The van der Waals surface area contributed by atoms with Crippen LogP contribution in [0.5, 0.6) is 0 Å². The van der Waals surface area contributed by atoms with E-state index in [2.05, 4.69) is 13.8 Å². The molecule has 1 saturated carbocycles. The standard InChI is InChI=1S/C16H30O2/c1-3-5-6-7-8-11-14(4-2)16(17)18-15-12-9-10-13-15/h14-15H,3-13H2,1-2H3. The first kappa shape index (κ1) is 15.5. The number of hydrogen-bond donors (Lipinski definition) is 0. The summed E-state index contributed by atoms with van der Waals surface area (Å²) in [4.78, 5) is 12.0. The van der Waals surface area contributed by atoms with Crippen LogP contribution < -0.4 is 0 Å². The lowest BCUT2D eigenvalue weighted by atomic mass is 9.98. The van der Waals surface area contributed by atoms with Crippen LogP contribution in [0.15, 0.2) is 0 Å². The van der Waals surface area contributed by atoms with E-state index >= 15 is 0 Å². The first-order valence-corrected chi connectivity index (χ1v) is 7.98. The average molecular weight is 254 g/mol. The molecule has 18 heavy (non-hydrogen) atoms. The van der Waals surface area contributed by atoms with Crippen molar-refractivity contribution >= 4 is 5.97 Å². The number of carbonyl (C=O) groups is 1. The van der Waals surface area contributed by atoms with Crippen LogP contribution in [0.1, 0.15) is 84.5 Å². The minimum Gasteiger partial charge on any atom is -0.462 e. The molecule has 0 N–H and O–H groups in total. The highest BCUT2D eigenvalue weighted by atomic mass is 16.5. The molecule has 0 heterocycles. The largest absolute Gasteiger partial charge is 0.462 e. The molecule has 0 aromatic carbocycles. The first-order valence-electron chi connectivity index (χ1n) is 7.98. The van der Waals surface area contributed by atoms with E-state index in [0.717, 1.165) is 25.7 Å². The molecule has 0 aromatic heterocycles. The van der Waals surface area contributed by atoms with Gasteiger partial charge < -0.3 is 4.74 Å². The molecule has 0 saturated heterocycles. The van der Waals surface area contributed by atoms with Crippen molar-refractivity contribution in [1.29, 1.82) is 0 Å². The Morgan fingerprint density at radius 2 is 1.78 bits per heavy atom. The maximum absolute atomic E-state index is 12.0. The molecule has 106 valence electrons.